The normalized spacial score (nSPS) is 9.08. The van der Waals surface area contributed by atoms with Crippen molar-refractivity contribution in [1.82, 2.24) is 0 Å². The molecule has 0 saturated heterocycles. The summed E-state index contributed by atoms with van der Waals surface area (Å²) in [5.74, 6) is 6.73. The van der Waals surface area contributed by atoms with E-state index in [1.54, 1.807) is 0 Å². The molecule has 0 unspecified atom stereocenters. The third kappa shape index (κ3) is 4.22. The first-order valence-electron chi connectivity index (χ1n) is 4.13. The lowest BCUT2D eigenvalue weighted by Crippen LogP contribution is -1.75. The van der Waals surface area contributed by atoms with Crippen LogP contribution in [-0.2, 0) is 0 Å². The van der Waals surface area contributed by atoms with Gasteiger partial charge < -0.3 is 0 Å². The van der Waals surface area contributed by atoms with Gasteiger partial charge in [0.25, 0.3) is 0 Å². The van der Waals surface area contributed by atoms with Crippen molar-refractivity contribution in [2.75, 3.05) is 5.88 Å². The second kappa shape index (κ2) is 5.91. The molecule has 0 amide bonds. The molecule has 0 saturated carbocycles. The highest BCUT2D eigenvalue weighted by Gasteiger charge is 1.87. The van der Waals surface area contributed by atoms with Crippen molar-refractivity contribution in [3.63, 3.8) is 0 Å². The topological polar surface area (TPSA) is 0 Å². The largest absolute Gasteiger partial charge is 0.127 e. The minimum absolute atomic E-state index is 0.671. The summed E-state index contributed by atoms with van der Waals surface area (Å²) in [6, 6.07) is 7.54. The molecular weight excluding hydrogens is 203 g/mol. The van der Waals surface area contributed by atoms with Crippen molar-refractivity contribution in [1.29, 1.82) is 0 Å². The molecule has 0 aromatic heterocycles. The van der Waals surface area contributed by atoms with Crippen LogP contribution in [0.5, 0.6) is 0 Å². The predicted molar refractivity (Wildman–Crippen MR) is 58.3 cm³/mol. The summed E-state index contributed by atoms with van der Waals surface area (Å²) in [5.41, 5.74) is 0.960. The van der Waals surface area contributed by atoms with Crippen molar-refractivity contribution >= 4 is 23.2 Å². The van der Waals surface area contributed by atoms with Crippen molar-refractivity contribution in [3.8, 4) is 11.8 Å². The maximum absolute atomic E-state index is 5.80. The fourth-order valence-corrected chi connectivity index (χ4v) is 1.21. The monoisotopic (exact) mass is 212 g/mol. The standard InChI is InChI=1S/C11H10Cl2/c12-8-3-1-2-5-10-6-4-7-11(13)9-10/h4,6-7,9H,1,3,8H2. The lowest BCUT2D eigenvalue weighted by molar-refractivity contribution is 0.991. The zero-order chi connectivity index (χ0) is 9.52. The van der Waals surface area contributed by atoms with Crippen LogP contribution in [0.15, 0.2) is 24.3 Å². The minimum Gasteiger partial charge on any atom is -0.127 e. The van der Waals surface area contributed by atoms with E-state index in [0.717, 1.165) is 23.4 Å². The number of halogens is 2. The second-order valence-electron chi connectivity index (χ2n) is 2.60. The number of alkyl halides is 1. The molecule has 0 aliphatic heterocycles. The third-order valence-electron chi connectivity index (χ3n) is 1.49. The molecule has 0 fully saturated rings. The molecule has 0 bridgehead atoms. The van der Waals surface area contributed by atoms with E-state index in [2.05, 4.69) is 11.8 Å². The van der Waals surface area contributed by atoms with Gasteiger partial charge in [-0.1, -0.05) is 29.5 Å². The fourth-order valence-electron chi connectivity index (χ4n) is 0.886. The second-order valence-corrected chi connectivity index (χ2v) is 3.42. The van der Waals surface area contributed by atoms with Gasteiger partial charge in [-0.15, -0.1) is 11.6 Å². The molecular formula is C11H10Cl2. The van der Waals surface area contributed by atoms with Crippen LogP contribution in [0.3, 0.4) is 0 Å². The first-order chi connectivity index (χ1) is 6.33. The number of rotatable bonds is 2. The Morgan fingerprint density at radius 1 is 1.31 bits per heavy atom. The minimum atomic E-state index is 0.671. The summed E-state index contributed by atoms with van der Waals surface area (Å²) < 4.78 is 0. The quantitative estimate of drug-likeness (QED) is 0.399. The van der Waals surface area contributed by atoms with E-state index < -0.39 is 0 Å². The molecule has 13 heavy (non-hydrogen) atoms. The van der Waals surface area contributed by atoms with Crippen LogP contribution in [0.4, 0.5) is 0 Å². The molecule has 0 radical (unpaired) electrons. The molecule has 2 heteroatoms. The summed E-state index contributed by atoms with van der Waals surface area (Å²) in [5, 5.41) is 0.726. The molecule has 1 aromatic carbocycles. The summed E-state index contributed by atoms with van der Waals surface area (Å²) in [4.78, 5) is 0. The SMILES string of the molecule is ClCCCC#Cc1cccc(Cl)c1. The lowest BCUT2D eigenvalue weighted by Gasteiger charge is -1.90. The van der Waals surface area contributed by atoms with Crippen LogP contribution >= 0.6 is 23.2 Å². The lowest BCUT2D eigenvalue weighted by atomic mass is 10.2. The van der Waals surface area contributed by atoms with Crippen molar-refractivity contribution in [2.45, 2.75) is 12.8 Å². The van der Waals surface area contributed by atoms with E-state index in [4.69, 9.17) is 23.2 Å². The highest BCUT2D eigenvalue weighted by Crippen LogP contribution is 2.09. The van der Waals surface area contributed by atoms with Crippen LogP contribution in [0.25, 0.3) is 0 Å². The Morgan fingerprint density at radius 2 is 2.15 bits per heavy atom. The van der Waals surface area contributed by atoms with Gasteiger partial charge in [0.2, 0.25) is 0 Å². The maximum atomic E-state index is 5.80. The summed E-state index contributed by atoms with van der Waals surface area (Å²) in [6.45, 7) is 0. The molecule has 0 heterocycles. The Bertz CT molecular complexity index is 320. The zero-order valence-corrected chi connectivity index (χ0v) is 8.70. The number of hydrogen-bond acceptors (Lipinski definition) is 0. The predicted octanol–water partition coefficient (Wildman–Crippen LogP) is 3.71. The van der Waals surface area contributed by atoms with Gasteiger partial charge in [-0.3, -0.25) is 0 Å². The van der Waals surface area contributed by atoms with E-state index in [0.29, 0.717) is 5.88 Å². The van der Waals surface area contributed by atoms with Crippen molar-refractivity contribution < 1.29 is 0 Å². The summed E-state index contributed by atoms with van der Waals surface area (Å²) in [6.07, 6.45) is 1.78. The van der Waals surface area contributed by atoms with Crippen molar-refractivity contribution in [3.05, 3.63) is 34.9 Å². The van der Waals surface area contributed by atoms with Crippen LogP contribution < -0.4 is 0 Å². The van der Waals surface area contributed by atoms with Gasteiger partial charge >= 0.3 is 0 Å². The average Bonchev–Trinajstić information content (AvgIpc) is 2.13. The van der Waals surface area contributed by atoms with Gasteiger partial charge in [-0.2, -0.15) is 0 Å². The molecule has 0 N–H and O–H groups in total. The Balaban J connectivity index is 2.56. The van der Waals surface area contributed by atoms with Crippen LogP contribution in [0.1, 0.15) is 18.4 Å². The molecule has 0 aliphatic carbocycles. The first kappa shape index (κ1) is 10.4. The van der Waals surface area contributed by atoms with Gasteiger partial charge in [0.05, 0.1) is 0 Å². The molecule has 68 valence electrons. The molecule has 1 rings (SSSR count). The fraction of sp³-hybridized carbons (Fsp3) is 0.273. The Kier molecular flexibility index (Phi) is 4.75. The number of unbranched alkanes of at least 4 members (excludes halogenated alkanes) is 1. The van der Waals surface area contributed by atoms with E-state index in [1.165, 1.54) is 0 Å². The van der Waals surface area contributed by atoms with Crippen LogP contribution in [0, 0.1) is 11.8 Å². The van der Waals surface area contributed by atoms with Crippen molar-refractivity contribution in [2.24, 2.45) is 0 Å². The zero-order valence-electron chi connectivity index (χ0n) is 7.19. The molecule has 0 nitrogen and oxygen atoms in total. The van der Waals surface area contributed by atoms with E-state index in [-0.39, 0.29) is 0 Å². The highest BCUT2D eigenvalue weighted by atomic mass is 35.5. The van der Waals surface area contributed by atoms with E-state index >= 15 is 0 Å². The molecule has 0 aliphatic rings. The Labute approximate surface area is 88.9 Å². The Hall–Kier alpha value is -0.640. The number of hydrogen-bond donors (Lipinski definition) is 0. The maximum Gasteiger partial charge on any atom is 0.0418 e. The highest BCUT2D eigenvalue weighted by molar-refractivity contribution is 6.30. The first-order valence-corrected chi connectivity index (χ1v) is 5.04. The van der Waals surface area contributed by atoms with Gasteiger partial charge in [-0.05, 0) is 24.6 Å². The average molecular weight is 213 g/mol. The molecule has 0 spiro atoms. The summed E-state index contributed by atoms with van der Waals surface area (Å²) >= 11 is 11.3. The van der Waals surface area contributed by atoms with E-state index in [9.17, 15) is 0 Å². The third-order valence-corrected chi connectivity index (χ3v) is 2.00. The van der Waals surface area contributed by atoms with E-state index in [1.807, 2.05) is 24.3 Å². The summed E-state index contributed by atoms with van der Waals surface area (Å²) in [7, 11) is 0. The van der Waals surface area contributed by atoms with Gasteiger partial charge in [0.1, 0.15) is 0 Å². The van der Waals surface area contributed by atoms with Gasteiger partial charge in [0, 0.05) is 22.9 Å². The van der Waals surface area contributed by atoms with Gasteiger partial charge in [0.15, 0.2) is 0 Å². The smallest absolute Gasteiger partial charge is 0.0418 e. The van der Waals surface area contributed by atoms with Crippen LogP contribution in [-0.4, -0.2) is 5.88 Å². The van der Waals surface area contributed by atoms with Gasteiger partial charge in [-0.25, -0.2) is 0 Å². The number of benzene rings is 1. The molecule has 1 aromatic rings. The van der Waals surface area contributed by atoms with Crippen LogP contribution in [0.2, 0.25) is 5.02 Å². The molecule has 0 atom stereocenters. The Morgan fingerprint density at radius 3 is 2.85 bits per heavy atom.